The summed E-state index contributed by atoms with van der Waals surface area (Å²) in [5.74, 6) is -0.248. The molecule has 1 atom stereocenters. The molecular weight excluding hydrogens is 292 g/mol. The van der Waals surface area contributed by atoms with E-state index in [0.717, 1.165) is 0 Å². The minimum Gasteiger partial charge on any atom is -0.396 e. The third-order valence-corrected chi connectivity index (χ3v) is 5.64. The summed E-state index contributed by atoms with van der Waals surface area (Å²) < 4.78 is 26.8. The molecule has 0 radical (unpaired) electrons. The van der Waals surface area contributed by atoms with Gasteiger partial charge in [0.05, 0.1) is 4.90 Å². The molecule has 2 N–H and O–H groups in total. The van der Waals surface area contributed by atoms with Crippen LogP contribution in [0, 0.1) is 12.8 Å². The first-order valence-electron chi connectivity index (χ1n) is 6.84. The van der Waals surface area contributed by atoms with Crippen molar-refractivity contribution in [2.24, 2.45) is 5.92 Å². The summed E-state index contributed by atoms with van der Waals surface area (Å²) in [7, 11) is -3.60. The van der Waals surface area contributed by atoms with E-state index in [2.05, 4.69) is 5.32 Å². The predicted octanol–water partition coefficient (Wildman–Crippen LogP) is 0.956. The molecule has 0 saturated carbocycles. The maximum atomic E-state index is 12.7. The van der Waals surface area contributed by atoms with Crippen LogP contribution in [0.4, 0.5) is 5.69 Å². The van der Waals surface area contributed by atoms with E-state index in [-0.39, 0.29) is 23.3 Å². The zero-order chi connectivity index (χ0) is 15.6. The van der Waals surface area contributed by atoms with Crippen LogP contribution in [0.1, 0.15) is 18.9 Å². The van der Waals surface area contributed by atoms with Gasteiger partial charge >= 0.3 is 0 Å². The van der Waals surface area contributed by atoms with Crippen molar-refractivity contribution in [2.75, 3.05) is 25.0 Å². The molecular formula is C14H20N2O4S. The highest BCUT2D eigenvalue weighted by Crippen LogP contribution is 2.28. The molecule has 21 heavy (non-hydrogen) atoms. The van der Waals surface area contributed by atoms with Gasteiger partial charge in [-0.2, -0.15) is 4.31 Å². The van der Waals surface area contributed by atoms with Gasteiger partial charge in [0.1, 0.15) is 0 Å². The average Bonchev–Trinajstić information content (AvgIpc) is 2.89. The molecule has 1 aliphatic heterocycles. The number of aliphatic hydroxyl groups excluding tert-OH is 1. The van der Waals surface area contributed by atoms with Gasteiger partial charge in [-0.25, -0.2) is 8.42 Å². The number of aliphatic hydroxyl groups is 1. The van der Waals surface area contributed by atoms with Gasteiger partial charge in [0.2, 0.25) is 15.9 Å². The second kappa shape index (κ2) is 6.13. The number of nitrogens with zero attached hydrogens (tertiary/aromatic N) is 1. The Labute approximate surface area is 124 Å². The van der Waals surface area contributed by atoms with Gasteiger partial charge in [0, 0.05) is 32.3 Å². The average molecular weight is 312 g/mol. The molecule has 2 rings (SSSR count). The van der Waals surface area contributed by atoms with Gasteiger partial charge in [-0.05, 0) is 37.0 Å². The lowest BCUT2D eigenvalue weighted by atomic mass is 10.1. The van der Waals surface area contributed by atoms with Crippen LogP contribution in [0.5, 0.6) is 0 Å². The summed E-state index contributed by atoms with van der Waals surface area (Å²) in [6.07, 6.45) is 0.667. The summed E-state index contributed by atoms with van der Waals surface area (Å²) >= 11 is 0. The normalized spacial score (nSPS) is 19.7. The molecule has 6 nitrogen and oxygen atoms in total. The Bertz CT molecular complexity index is 642. The van der Waals surface area contributed by atoms with E-state index in [1.807, 2.05) is 0 Å². The fourth-order valence-electron chi connectivity index (χ4n) is 2.46. The first-order valence-corrected chi connectivity index (χ1v) is 8.28. The minimum atomic E-state index is -3.60. The Balaban J connectivity index is 2.33. The third-order valence-electron chi connectivity index (χ3n) is 3.63. The number of carbonyl (C=O) groups is 1. The summed E-state index contributed by atoms with van der Waals surface area (Å²) in [4.78, 5) is 11.3. The number of benzene rings is 1. The Morgan fingerprint density at radius 1 is 1.48 bits per heavy atom. The number of hydrogen-bond acceptors (Lipinski definition) is 4. The highest BCUT2D eigenvalue weighted by Gasteiger charge is 2.33. The number of anilines is 1. The zero-order valence-electron chi connectivity index (χ0n) is 12.2. The molecule has 0 aliphatic carbocycles. The monoisotopic (exact) mass is 312 g/mol. The van der Waals surface area contributed by atoms with Gasteiger partial charge in [-0.1, -0.05) is 6.07 Å². The quantitative estimate of drug-likeness (QED) is 0.867. The van der Waals surface area contributed by atoms with Crippen molar-refractivity contribution >= 4 is 21.6 Å². The SMILES string of the molecule is CC(=O)Nc1ccc(C)c(S(=O)(=O)N2CCC(CO)C2)c1. The summed E-state index contributed by atoms with van der Waals surface area (Å²) in [5.41, 5.74) is 1.10. The van der Waals surface area contributed by atoms with Crippen molar-refractivity contribution in [2.45, 2.75) is 25.2 Å². The number of aryl methyl sites for hydroxylation is 1. The van der Waals surface area contributed by atoms with E-state index in [0.29, 0.717) is 30.8 Å². The number of sulfonamides is 1. The maximum absolute atomic E-state index is 12.7. The summed E-state index contributed by atoms with van der Waals surface area (Å²) in [5, 5.41) is 11.7. The van der Waals surface area contributed by atoms with E-state index >= 15 is 0 Å². The highest BCUT2D eigenvalue weighted by atomic mass is 32.2. The van der Waals surface area contributed by atoms with Crippen LogP contribution in [0.25, 0.3) is 0 Å². The molecule has 1 amide bonds. The molecule has 0 bridgehead atoms. The topological polar surface area (TPSA) is 86.7 Å². The standard InChI is InChI=1S/C14H20N2O4S/c1-10-3-4-13(15-11(2)18)7-14(10)21(19,20)16-6-5-12(8-16)9-17/h3-4,7,12,17H,5-6,8-9H2,1-2H3,(H,15,18). The number of amides is 1. The van der Waals surface area contributed by atoms with Crippen LogP contribution in [-0.4, -0.2) is 43.4 Å². The molecule has 1 saturated heterocycles. The Morgan fingerprint density at radius 2 is 2.19 bits per heavy atom. The van der Waals surface area contributed by atoms with Gasteiger partial charge in [0.15, 0.2) is 0 Å². The first-order chi connectivity index (χ1) is 9.84. The lowest BCUT2D eigenvalue weighted by molar-refractivity contribution is -0.114. The molecule has 0 aromatic heterocycles. The molecule has 1 fully saturated rings. The van der Waals surface area contributed by atoms with Crippen molar-refractivity contribution in [1.29, 1.82) is 0 Å². The smallest absolute Gasteiger partial charge is 0.243 e. The van der Waals surface area contributed by atoms with Crippen molar-refractivity contribution in [3.63, 3.8) is 0 Å². The molecule has 1 aliphatic rings. The number of nitrogens with one attached hydrogen (secondary N) is 1. The lowest BCUT2D eigenvalue weighted by Crippen LogP contribution is -2.30. The van der Waals surface area contributed by atoms with Gasteiger partial charge in [-0.3, -0.25) is 4.79 Å². The van der Waals surface area contributed by atoms with Crippen LogP contribution in [0.15, 0.2) is 23.1 Å². The predicted molar refractivity (Wildman–Crippen MR) is 79.4 cm³/mol. The van der Waals surface area contributed by atoms with Crippen LogP contribution in [0.2, 0.25) is 0 Å². The van der Waals surface area contributed by atoms with Crippen LogP contribution < -0.4 is 5.32 Å². The van der Waals surface area contributed by atoms with E-state index in [1.54, 1.807) is 19.1 Å². The van der Waals surface area contributed by atoms with E-state index < -0.39 is 10.0 Å². The minimum absolute atomic E-state index is 0.00129. The molecule has 1 unspecified atom stereocenters. The Hall–Kier alpha value is -1.44. The summed E-state index contributed by atoms with van der Waals surface area (Å²) in [6.45, 7) is 3.85. The Kier molecular flexibility index (Phi) is 4.65. The second-order valence-corrected chi connectivity index (χ2v) is 7.27. The number of carbonyl (C=O) groups excluding carboxylic acids is 1. The van der Waals surface area contributed by atoms with Gasteiger partial charge < -0.3 is 10.4 Å². The van der Waals surface area contributed by atoms with Crippen molar-refractivity contribution < 1.29 is 18.3 Å². The van der Waals surface area contributed by atoms with E-state index in [9.17, 15) is 13.2 Å². The molecule has 0 spiro atoms. The van der Waals surface area contributed by atoms with Crippen molar-refractivity contribution in [3.05, 3.63) is 23.8 Å². The van der Waals surface area contributed by atoms with E-state index in [4.69, 9.17) is 5.11 Å². The zero-order valence-corrected chi connectivity index (χ0v) is 13.0. The molecule has 116 valence electrons. The fourth-order valence-corrected chi connectivity index (χ4v) is 4.24. The molecule has 1 heterocycles. The molecule has 1 aromatic rings. The summed E-state index contributed by atoms with van der Waals surface area (Å²) in [6, 6.07) is 4.84. The number of rotatable bonds is 4. The van der Waals surface area contributed by atoms with Gasteiger partial charge in [0.25, 0.3) is 0 Å². The first kappa shape index (κ1) is 15.9. The van der Waals surface area contributed by atoms with Gasteiger partial charge in [-0.15, -0.1) is 0 Å². The third kappa shape index (κ3) is 3.42. The van der Waals surface area contributed by atoms with Crippen LogP contribution in [-0.2, 0) is 14.8 Å². The second-order valence-electron chi connectivity index (χ2n) is 5.36. The van der Waals surface area contributed by atoms with Crippen molar-refractivity contribution in [1.82, 2.24) is 4.31 Å². The fraction of sp³-hybridized carbons (Fsp3) is 0.500. The molecule has 7 heteroatoms. The van der Waals surface area contributed by atoms with Crippen molar-refractivity contribution in [3.8, 4) is 0 Å². The molecule has 1 aromatic carbocycles. The lowest BCUT2D eigenvalue weighted by Gasteiger charge is -2.18. The van der Waals surface area contributed by atoms with E-state index in [1.165, 1.54) is 17.3 Å². The number of hydrogen-bond donors (Lipinski definition) is 2. The van der Waals surface area contributed by atoms with Crippen LogP contribution in [0.3, 0.4) is 0 Å². The largest absolute Gasteiger partial charge is 0.396 e. The highest BCUT2D eigenvalue weighted by molar-refractivity contribution is 7.89. The Morgan fingerprint density at radius 3 is 2.76 bits per heavy atom. The van der Waals surface area contributed by atoms with Crippen LogP contribution >= 0.6 is 0 Å². The maximum Gasteiger partial charge on any atom is 0.243 e.